The van der Waals surface area contributed by atoms with Crippen LogP contribution in [0.25, 0.3) is 0 Å². The van der Waals surface area contributed by atoms with Crippen LogP contribution in [0.4, 0.5) is 11.4 Å². The molecule has 1 heterocycles. The Labute approximate surface area is 113 Å². The second-order valence-electron chi connectivity index (χ2n) is 3.98. The molecule has 20 heavy (non-hydrogen) atoms. The molecule has 0 fully saturated rings. The van der Waals surface area contributed by atoms with Crippen molar-refractivity contribution in [2.75, 3.05) is 5.32 Å². The molecule has 9 nitrogen and oxygen atoms in total. The third kappa shape index (κ3) is 2.88. The van der Waals surface area contributed by atoms with Crippen LogP contribution in [-0.4, -0.2) is 30.8 Å². The lowest BCUT2D eigenvalue weighted by Gasteiger charge is -2.05. The maximum absolute atomic E-state index is 11.0. The van der Waals surface area contributed by atoms with E-state index in [-0.39, 0.29) is 12.1 Å². The average molecular weight is 277 g/mol. The van der Waals surface area contributed by atoms with Crippen LogP contribution in [0.2, 0.25) is 0 Å². The lowest BCUT2D eigenvalue weighted by Crippen LogP contribution is -2.06. The van der Waals surface area contributed by atoms with Crippen LogP contribution >= 0.6 is 0 Å². The number of anilines is 1. The Kier molecular flexibility index (Phi) is 3.60. The van der Waals surface area contributed by atoms with Crippen molar-refractivity contribution < 1.29 is 14.8 Å². The maximum Gasteiger partial charge on any atom is 0.342 e. The molecule has 0 aliphatic carbocycles. The van der Waals surface area contributed by atoms with Crippen LogP contribution in [0.1, 0.15) is 16.2 Å². The molecule has 0 spiro atoms. The van der Waals surface area contributed by atoms with Crippen LogP contribution in [0.3, 0.4) is 0 Å². The summed E-state index contributed by atoms with van der Waals surface area (Å²) < 4.78 is 1.54. The second-order valence-corrected chi connectivity index (χ2v) is 3.98. The Hall–Kier alpha value is -2.97. The standard InChI is InChI=1S/C11H11N5O4/c1-15-6-13-10(14-15)5-12-7-2-3-9(16(19)20)8(4-7)11(17)18/h2-4,6,12H,5H2,1H3,(H,17,18). The Morgan fingerprint density at radius 2 is 2.30 bits per heavy atom. The molecule has 2 rings (SSSR count). The summed E-state index contributed by atoms with van der Waals surface area (Å²) in [5, 5.41) is 26.6. The lowest BCUT2D eigenvalue weighted by molar-refractivity contribution is -0.385. The molecule has 0 saturated heterocycles. The summed E-state index contributed by atoms with van der Waals surface area (Å²) in [6, 6.07) is 3.80. The van der Waals surface area contributed by atoms with Crippen molar-refractivity contribution in [3.8, 4) is 0 Å². The van der Waals surface area contributed by atoms with E-state index in [0.717, 1.165) is 6.07 Å². The number of hydrogen-bond donors (Lipinski definition) is 2. The topological polar surface area (TPSA) is 123 Å². The van der Waals surface area contributed by atoms with Crippen molar-refractivity contribution >= 4 is 17.3 Å². The van der Waals surface area contributed by atoms with Gasteiger partial charge in [0.05, 0.1) is 11.5 Å². The van der Waals surface area contributed by atoms with Gasteiger partial charge < -0.3 is 10.4 Å². The number of aryl methyl sites for hydroxylation is 1. The van der Waals surface area contributed by atoms with Gasteiger partial charge in [-0.1, -0.05) is 0 Å². The zero-order chi connectivity index (χ0) is 14.7. The van der Waals surface area contributed by atoms with Gasteiger partial charge in [0.15, 0.2) is 5.82 Å². The minimum atomic E-state index is -1.35. The molecule has 0 radical (unpaired) electrons. The Morgan fingerprint density at radius 1 is 1.55 bits per heavy atom. The fraction of sp³-hybridized carbons (Fsp3) is 0.182. The van der Waals surface area contributed by atoms with Gasteiger partial charge in [0.1, 0.15) is 11.9 Å². The van der Waals surface area contributed by atoms with E-state index >= 15 is 0 Å². The fourth-order valence-electron chi connectivity index (χ4n) is 1.62. The summed E-state index contributed by atoms with van der Waals surface area (Å²) >= 11 is 0. The third-order valence-corrected chi connectivity index (χ3v) is 2.52. The second kappa shape index (κ2) is 5.34. The number of aromatic nitrogens is 3. The van der Waals surface area contributed by atoms with Crippen LogP contribution in [-0.2, 0) is 13.6 Å². The molecular weight excluding hydrogens is 266 g/mol. The van der Waals surface area contributed by atoms with Gasteiger partial charge in [0, 0.05) is 18.8 Å². The summed E-state index contributed by atoms with van der Waals surface area (Å²) in [5.41, 5.74) is -0.367. The molecule has 2 aromatic rings. The normalized spacial score (nSPS) is 10.2. The summed E-state index contributed by atoms with van der Waals surface area (Å²) in [5.74, 6) is -0.820. The van der Waals surface area contributed by atoms with Crippen LogP contribution in [0.15, 0.2) is 24.5 Å². The zero-order valence-corrected chi connectivity index (χ0v) is 10.5. The highest BCUT2D eigenvalue weighted by Gasteiger charge is 2.19. The molecule has 0 bridgehead atoms. The van der Waals surface area contributed by atoms with Crippen LogP contribution in [0, 0.1) is 10.1 Å². The molecule has 9 heteroatoms. The van der Waals surface area contributed by atoms with Crippen LogP contribution < -0.4 is 5.32 Å². The van der Waals surface area contributed by atoms with Crippen molar-refractivity contribution in [1.82, 2.24) is 14.8 Å². The zero-order valence-electron chi connectivity index (χ0n) is 10.5. The first-order valence-corrected chi connectivity index (χ1v) is 5.57. The lowest BCUT2D eigenvalue weighted by atomic mass is 10.1. The number of carboxylic acids is 1. The van der Waals surface area contributed by atoms with Crippen molar-refractivity contribution in [3.63, 3.8) is 0 Å². The van der Waals surface area contributed by atoms with E-state index in [4.69, 9.17) is 5.11 Å². The van der Waals surface area contributed by atoms with Gasteiger partial charge in [-0.2, -0.15) is 5.10 Å². The molecule has 1 aromatic carbocycles. The summed E-state index contributed by atoms with van der Waals surface area (Å²) in [7, 11) is 1.73. The van der Waals surface area contributed by atoms with Gasteiger partial charge in [0.2, 0.25) is 0 Å². The summed E-state index contributed by atoms with van der Waals surface area (Å²) in [4.78, 5) is 25.0. The monoisotopic (exact) mass is 277 g/mol. The van der Waals surface area contributed by atoms with Crippen molar-refractivity contribution in [1.29, 1.82) is 0 Å². The van der Waals surface area contributed by atoms with Crippen molar-refractivity contribution in [2.24, 2.45) is 7.05 Å². The highest BCUT2D eigenvalue weighted by molar-refractivity contribution is 5.93. The highest BCUT2D eigenvalue weighted by Crippen LogP contribution is 2.22. The number of nitrogens with one attached hydrogen (secondary N) is 1. The average Bonchev–Trinajstić information content (AvgIpc) is 2.81. The number of nitrogens with zero attached hydrogens (tertiary/aromatic N) is 4. The van der Waals surface area contributed by atoms with Crippen molar-refractivity contribution in [2.45, 2.75) is 6.54 Å². The van der Waals surface area contributed by atoms with E-state index in [1.807, 2.05) is 0 Å². The SMILES string of the molecule is Cn1cnc(CNc2ccc([N+](=O)[O-])c(C(=O)O)c2)n1. The van der Waals surface area contributed by atoms with E-state index in [1.165, 1.54) is 23.1 Å². The predicted octanol–water partition coefficient (Wildman–Crippen LogP) is 1.03. The Balaban J connectivity index is 2.18. The number of carbonyl (C=O) groups is 1. The first kappa shape index (κ1) is 13.5. The van der Waals surface area contributed by atoms with E-state index in [2.05, 4.69) is 15.4 Å². The first-order chi connectivity index (χ1) is 9.47. The molecule has 0 amide bonds. The Morgan fingerprint density at radius 3 is 2.85 bits per heavy atom. The number of nitro groups is 1. The van der Waals surface area contributed by atoms with Gasteiger partial charge >= 0.3 is 5.97 Å². The Bertz CT molecular complexity index is 667. The van der Waals surface area contributed by atoms with Gasteiger partial charge in [0.25, 0.3) is 5.69 Å². The maximum atomic E-state index is 11.0. The van der Waals surface area contributed by atoms with Gasteiger partial charge in [-0.15, -0.1) is 0 Å². The van der Waals surface area contributed by atoms with Gasteiger partial charge in [-0.3, -0.25) is 14.8 Å². The largest absolute Gasteiger partial charge is 0.477 e. The van der Waals surface area contributed by atoms with E-state index in [0.29, 0.717) is 11.5 Å². The quantitative estimate of drug-likeness (QED) is 0.618. The highest BCUT2D eigenvalue weighted by atomic mass is 16.6. The fourth-order valence-corrected chi connectivity index (χ4v) is 1.62. The third-order valence-electron chi connectivity index (χ3n) is 2.52. The van der Waals surface area contributed by atoms with Gasteiger partial charge in [-0.05, 0) is 12.1 Å². The number of carboxylic acid groups (broad SMARTS) is 1. The van der Waals surface area contributed by atoms with Gasteiger partial charge in [-0.25, -0.2) is 9.78 Å². The molecule has 2 N–H and O–H groups in total. The van der Waals surface area contributed by atoms with Crippen LogP contribution in [0.5, 0.6) is 0 Å². The molecule has 0 saturated carbocycles. The molecule has 0 atom stereocenters. The summed E-state index contributed by atoms with van der Waals surface area (Å²) in [6.45, 7) is 0.289. The number of benzene rings is 1. The smallest absolute Gasteiger partial charge is 0.342 e. The molecular formula is C11H11N5O4. The van der Waals surface area contributed by atoms with E-state index in [9.17, 15) is 14.9 Å². The summed E-state index contributed by atoms with van der Waals surface area (Å²) in [6.07, 6.45) is 1.54. The van der Waals surface area contributed by atoms with Crippen molar-refractivity contribution in [3.05, 3.63) is 46.0 Å². The number of aromatic carboxylic acids is 1. The van der Waals surface area contributed by atoms with E-state index < -0.39 is 16.6 Å². The van der Waals surface area contributed by atoms with E-state index in [1.54, 1.807) is 7.05 Å². The molecule has 104 valence electrons. The molecule has 0 aliphatic heterocycles. The first-order valence-electron chi connectivity index (χ1n) is 5.57. The molecule has 0 unspecified atom stereocenters. The predicted molar refractivity (Wildman–Crippen MR) is 68.4 cm³/mol. The number of rotatable bonds is 5. The minimum absolute atomic E-state index is 0.289. The number of hydrogen-bond acceptors (Lipinski definition) is 6. The molecule has 1 aromatic heterocycles. The minimum Gasteiger partial charge on any atom is -0.477 e. The molecule has 0 aliphatic rings. The number of nitro benzene ring substituents is 1.